The minimum Gasteiger partial charge on any atom is -0.436 e. The van der Waals surface area contributed by atoms with Crippen LogP contribution in [0.4, 0.5) is 15.3 Å². The molecule has 242 valence electrons. The molecule has 0 bridgehead atoms. The van der Waals surface area contributed by atoms with Gasteiger partial charge >= 0.3 is 12.1 Å². The molecule has 2 aromatic carbocycles. The predicted molar refractivity (Wildman–Crippen MR) is 178 cm³/mol. The molecule has 4 aliphatic heterocycles. The van der Waals surface area contributed by atoms with Crippen molar-refractivity contribution >= 4 is 39.6 Å². The summed E-state index contributed by atoms with van der Waals surface area (Å²) in [5.74, 6) is -0.104. The van der Waals surface area contributed by atoms with Gasteiger partial charge in [0.05, 0.1) is 0 Å². The predicted octanol–water partition coefficient (Wildman–Crippen LogP) is 5.84. The van der Waals surface area contributed by atoms with Crippen LogP contribution in [0.25, 0.3) is 0 Å². The molecule has 45 heavy (non-hydrogen) atoms. The van der Waals surface area contributed by atoms with Crippen molar-refractivity contribution in [2.45, 2.75) is 82.9 Å². The number of likely N-dealkylation sites (tertiary alicyclic amines) is 3. The van der Waals surface area contributed by atoms with E-state index in [-0.39, 0.29) is 18.0 Å². The maximum Gasteiger partial charge on any atom is 0.410 e. The standard InChI is InChI=1S/C35H46BrN5O4/c1-25-9-10-26(23-30(25)36)24-32(33(42)39-18-12-28(13-19-39)38-16-5-2-6-17-38)45-35(44)40-20-14-29(15-21-40)41-22-11-27-7-3-4-8-31(27)37-34(41)43/h3-4,7-10,23,28-29,32H,2,5-6,11-22,24H2,1H3,(H,37,43)/t32-/m1/s1. The number of rotatable bonds is 6. The van der Waals surface area contributed by atoms with Gasteiger partial charge in [-0.15, -0.1) is 0 Å². The smallest absolute Gasteiger partial charge is 0.410 e. The molecule has 4 aliphatic rings. The van der Waals surface area contributed by atoms with Crippen molar-refractivity contribution in [3.8, 4) is 0 Å². The van der Waals surface area contributed by atoms with E-state index in [4.69, 9.17) is 4.74 Å². The maximum absolute atomic E-state index is 13.9. The van der Waals surface area contributed by atoms with E-state index in [1.54, 1.807) is 4.90 Å². The normalized spacial score (nSPS) is 21.1. The van der Waals surface area contributed by atoms with Crippen molar-refractivity contribution in [3.63, 3.8) is 0 Å². The zero-order chi connectivity index (χ0) is 31.3. The van der Waals surface area contributed by atoms with Gasteiger partial charge in [0.25, 0.3) is 5.91 Å². The second kappa shape index (κ2) is 14.5. The lowest BCUT2D eigenvalue weighted by Crippen LogP contribution is -2.53. The molecule has 0 spiro atoms. The largest absolute Gasteiger partial charge is 0.436 e. The van der Waals surface area contributed by atoms with Crippen molar-refractivity contribution < 1.29 is 19.1 Å². The number of hydrogen-bond acceptors (Lipinski definition) is 5. The van der Waals surface area contributed by atoms with Crippen molar-refractivity contribution in [2.24, 2.45) is 0 Å². The van der Waals surface area contributed by atoms with E-state index >= 15 is 0 Å². The molecule has 0 radical (unpaired) electrons. The number of ether oxygens (including phenoxy) is 1. The topological polar surface area (TPSA) is 85.4 Å². The van der Waals surface area contributed by atoms with Gasteiger partial charge in [-0.1, -0.05) is 52.7 Å². The van der Waals surface area contributed by atoms with Crippen molar-refractivity contribution in [1.29, 1.82) is 0 Å². The summed E-state index contributed by atoms with van der Waals surface area (Å²) in [5.41, 5.74) is 4.08. The number of hydrogen-bond donors (Lipinski definition) is 1. The number of amides is 4. The highest BCUT2D eigenvalue weighted by Gasteiger charge is 2.36. The fourth-order valence-electron chi connectivity index (χ4n) is 7.39. The molecule has 0 aliphatic carbocycles. The van der Waals surface area contributed by atoms with Crippen LogP contribution < -0.4 is 5.32 Å². The van der Waals surface area contributed by atoms with Crippen molar-refractivity contribution in [1.82, 2.24) is 19.6 Å². The van der Waals surface area contributed by atoms with Gasteiger partial charge in [0.15, 0.2) is 6.10 Å². The Hall–Kier alpha value is -3.11. The van der Waals surface area contributed by atoms with Crippen LogP contribution in [-0.2, 0) is 22.4 Å². The fraction of sp³-hybridized carbons (Fsp3) is 0.571. The van der Waals surface area contributed by atoms with E-state index in [0.717, 1.165) is 59.2 Å². The van der Waals surface area contributed by atoms with Crippen LogP contribution in [0.3, 0.4) is 0 Å². The Balaban J connectivity index is 1.07. The summed E-state index contributed by atoms with van der Waals surface area (Å²) in [6, 6.07) is 14.5. The van der Waals surface area contributed by atoms with Crippen LogP contribution in [0.1, 0.15) is 61.6 Å². The fourth-order valence-corrected chi connectivity index (χ4v) is 7.82. The maximum atomic E-state index is 13.9. The van der Waals surface area contributed by atoms with E-state index in [0.29, 0.717) is 58.0 Å². The number of aryl methyl sites for hydroxylation is 1. The third-order valence-corrected chi connectivity index (χ3v) is 11.0. The van der Waals surface area contributed by atoms with Crippen LogP contribution in [-0.4, -0.2) is 102 Å². The minimum absolute atomic E-state index is 0.0481. The summed E-state index contributed by atoms with van der Waals surface area (Å²) in [4.78, 5) is 48.6. The molecule has 4 amide bonds. The van der Waals surface area contributed by atoms with Gasteiger partial charge in [0.1, 0.15) is 0 Å². The van der Waals surface area contributed by atoms with Gasteiger partial charge in [-0.3, -0.25) is 4.79 Å². The molecule has 2 aromatic rings. The zero-order valence-corrected chi connectivity index (χ0v) is 28.0. The zero-order valence-electron chi connectivity index (χ0n) is 26.4. The Labute approximate surface area is 275 Å². The Morgan fingerprint density at radius 3 is 2.31 bits per heavy atom. The third-order valence-electron chi connectivity index (χ3n) is 10.2. The average molecular weight is 681 g/mol. The molecule has 6 rings (SSSR count). The van der Waals surface area contributed by atoms with Gasteiger partial charge in [0.2, 0.25) is 0 Å². The number of anilines is 1. The molecular formula is C35H46BrN5O4. The number of carbonyl (C=O) groups excluding carboxylic acids is 3. The second-order valence-electron chi connectivity index (χ2n) is 13.1. The number of fused-ring (bicyclic) bond motifs is 1. The number of urea groups is 1. The summed E-state index contributed by atoms with van der Waals surface area (Å²) in [5, 5.41) is 3.06. The quantitative estimate of drug-likeness (QED) is 0.415. The van der Waals surface area contributed by atoms with Crippen LogP contribution in [0.5, 0.6) is 0 Å². The Bertz CT molecular complexity index is 1370. The Kier molecular flexibility index (Phi) is 10.3. The lowest BCUT2D eigenvalue weighted by Gasteiger charge is -2.41. The van der Waals surface area contributed by atoms with Crippen molar-refractivity contribution in [2.75, 3.05) is 51.1 Å². The molecule has 1 atom stereocenters. The lowest BCUT2D eigenvalue weighted by atomic mass is 9.98. The van der Waals surface area contributed by atoms with Gasteiger partial charge in [-0.25, -0.2) is 9.59 Å². The van der Waals surface area contributed by atoms with Gasteiger partial charge in [-0.05, 0) is 93.8 Å². The summed E-state index contributed by atoms with van der Waals surface area (Å²) >= 11 is 3.61. The molecular weight excluding hydrogens is 634 g/mol. The SMILES string of the molecule is Cc1ccc(C[C@@H](OC(=O)N2CCC(N3CCc4ccccc4NC3=O)CC2)C(=O)N2CCC(N3CCCCC3)CC2)cc1Br. The first-order chi connectivity index (χ1) is 21.9. The number of piperidine rings is 3. The number of halogens is 1. The number of carbonyl (C=O) groups is 3. The minimum atomic E-state index is -0.883. The van der Waals surface area contributed by atoms with Gasteiger partial charge in [-0.2, -0.15) is 0 Å². The number of nitrogens with zero attached hydrogens (tertiary/aromatic N) is 4. The second-order valence-corrected chi connectivity index (χ2v) is 13.9. The van der Waals surface area contributed by atoms with Crippen LogP contribution >= 0.6 is 15.9 Å². The van der Waals surface area contributed by atoms with Crippen LogP contribution in [0.15, 0.2) is 46.9 Å². The number of para-hydroxylation sites is 1. The Morgan fingerprint density at radius 1 is 0.889 bits per heavy atom. The third kappa shape index (κ3) is 7.65. The molecule has 3 fully saturated rings. The highest BCUT2D eigenvalue weighted by Crippen LogP contribution is 2.27. The van der Waals surface area contributed by atoms with E-state index < -0.39 is 12.2 Å². The molecule has 0 saturated carbocycles. The molecule has 4 heterocycles. The highest BCUT2D eigenvalue weighted by atomic mass is 79.9. The molecule has 9 nitrogen and oxygen atoms in total. The van der Waals surface area contributed by atoms with E-state index in [1.807, 2.05) is 53.1 Å². The number of nitrogens with one attached hydrogen (secondary N) is 1. The van der Waals surface area contributed by atoms with Crippen molar-refractivity contribution in [3.05, 3.63) is 63.6 Å². The first-order valence-electron chi connectivity index (χ1n) is 16.7. The molecule has 0 aromatic heterocycles. The lowest BCUT2D eigenvalue weighted by molar-refractivity contribution is -0.142. The average Bonchev–Trinajstić information content (AvgIpc) is 3.24. The van der Waals surface area contributed by atoms with E-state index in [9.17, 15) is 14.4 Å². The Morgan fingerprint density at radius 2 is 1.58 bits per heavy atom. The van der Waals surface area contributed by atoms with E-state index in [2.05, 4.69) is 32.2 Å². The van der Waals surface area contributed by atoms with Crippen LogP contribution in [0, 0.1) is 6.92 Å². The van der Waals surface area contributed by atoms with Gasteiger partial charge in [0, 0.05) is 61.4 Å². The monoisotopic (exact) mass is 679 g/mol. The molecule has 1 N–H and O–H groups in total. The highest BCUT2D eigenvalue weighted by molar-refractivity contribution is 9.10. The first-order valence-corrected chi connectivity index (χ1v) is 17.5. The molecule has 10 heteroatoms. The summed E-state index contributed by atoms with van der Waals surface area (Å²) in [6.07, 6.45) is 6.91. The van der Waals surface area contributed by atoms with Crippen LogP contribution in [0.2, 0.25) is 0 Å². The van der Waals surface area contributed by atoms with Gasteiger partial charge < -0.3 is 29.7 Å². The molecule has 3 saturated heterocycles. The van der Waals surface area contributed by atoms with E-state index in [1.165, 1.54) is 19.3 Å². The summed E-state index contributed by atoms with van der Waals surface area (Å²) in [7, 11) is 0. The summed E-state index contributed by atoms with van der Waals surface area (Å²) in [6.45, 7) is 7.35. The molecule has 0 unspecified atom stereocenters. The number of benzene rings is 2. The first kappa shape index (κ1) is 31.9. The summed E-state index contributed by atoms with van der Waals surface area (Å²) < 4.78 is 7.04.